The fraction of sp³-hybridized carbons (Fsp3) is 0.622. The van der Waals surface area contributed by atoms with Crippen LogP contribution in [0.4, 0.5) is 0 Å². The summed E-state index contributed by atoms with van der Waals surface area (Å²) in [6.45, 7) is 47.0. The Kier molecular flexibility index (Phi) is 47.6. The van der Waals surface area contributed by atoms with Crippen LogP contribution in [0.25, 0.3) is 0 Å². The van der Waals surface area contributed by atoms with Crippen molar-refractivity contribution in [3.05, 3.63) is 144 Å². The maximum atomic E-state index is 13.1. The van der Waals surface area contributed by atoms with E-state index < -0.39 is 47.4 Å². The van der Waals surface area contributed by atoms with Gasteiger partial charge in [0.25, 0.3) is 0 Å². The van der Waals surface area contributed by atoms with E-state index in [1.807, 2.05) is 170 Å². The molecule has 0 heterocycles. The topological polar surface area (TPSA) is 262 Å². The number of Topliss-reactive ketones (excluding diaryl/α,β-unsaturated/α-hetero) is 3. The van der Waals surface area contributed by atoms with Gasteiger partial charge < -0.3 is 53.4 Å². The number of aliphatic hydroxyl groups excluding tert-OH is 3. The van der Waals surface area contributed by atoms with Crippen LogP contribution >= 0.6 is 11.6 Å². The minimum Gasteiger partial charge on any atom is -1.00 e. The summed E-state index contributed by atoms with van der Waals surface area (Å²) in [6, 6.07) is 38.0. The highest BCUT2D eigenvalue weighted by atomic mass is 35.5. The van der Waals surface area contributed by atoms with E-state index in [9.17, 15) is 43.8 Å². The average Bonchev–Trinajstić information content (AvgIpc) is 0.831. The molecule has 0 radical (unpaired) electrons. The van der Waals surface area contributed by atoms with Crippen molar-refractivity contribution < 1.29 is 81.2 Å². The van der Waals surface area contributed by atoms with E-state index >= 15 is 0 Å². The molecule has 0 fully saturated rings. The number of benzene rings is 4. The van der Waals surface area contributed by atoms with Gasteiger partial charge in [0.2, 0.25) is 5.24 Å². The molecule has 99 heavy (non-hydrogen) atoms. The lowest BCUT2D eigenvalue weighted by Gasteiger charge is -2.36. The summed E-state index contributed by atoms with van der Waals surface area (Å²) in [4.78, 5) is 85.7. The molecule has 0 amide bonds. The number of ether oxygens (including phenoxy) is 3. The largest absolute Gasteiger partial charge is 1.00 e. The second-order valence-electron chi connectivity index (χ2n) is 29.7. The van der Waals surface area contributed by atoms with Gasteiger partial charge in [0.1, 0.15) is 35.2 Å². The van der Waals surface area contributed by atoms with Gasteiger partial charge in [0.15, 0.2) is 6.54 Å². The van der Waals surface area contributed by atoms with Gasteiger partial charge in [0, 0.05) is 54.6 Å². The van der Waals surface area contributed by atoms with Gasteiger partial charge in [-0.1, -0.05) is 260 Å². The van der Waals surface area contributed by atoms with Crippen molar-refractivity contribution in [1.82, 2.24) is 0 Å². The lowest BCUT2D eigenvalue weighted by Crippen LogP contribution is -3.00. The summed E-state index contributed by atoms with van der Waals surface area (Å²) in [5.74, 6) is 1.62. The molecule has 0 aliphatic heterocycles. The Morgan fingerprint density at radius 3 is 0.889 bits per heavy atom. The summed E-state index contributed by atoms with van der Waals surface area (Å²) < 4.78 is 16.5. The molecule has 562 valence electrons. The Hall–Kier alpha value is -5.65. The van der Waals surface area contributed by atoms with Gasteiger partial charge >= 0.3 is 17.9 Å². The van der Waals surface area contributed by atoms with Gasteiger partial charge in [-0.05, 0) is 121 Å². The predicted octanol–water partition coefficient (Wildman–Crippen LogP) is 14.0. The lowest BCUT2D eigenvalue weighted by molar-refractivity contribution is -0.360. The molecular weight excluding hydrogens is 1290 g/mol. The number of nitrogens with two attached hydrogens (primary N) is 1. The fourth-order valence-corrected chi connectivity index (χ4v) is 11.7. The molecule has 4 aromatic rings. The molecule has 15 nitrogen and oxygen atoms in total. The van der Waals surface area contributed by atoms with Crippen molar-refractivity contribution in [2.45, 2.75) is 241 Å². The highest BCUT2D eigenvalue weighted by Gasteiger charge is 2.42. The van der Waals surface area contributed by atoms with Gasteiger partial charge in [-0.2, -0.15) is 0 Å². The molecular formula is C82H132Cl2N2O13. The molecule has 17 heteroatoms. The fourth-order valence-electron chi connectivity index (χ4n) is 11.3. The normalized spacial score (nSPS) is 12.9. The van der Waals surface area contributed by atoms with Crippen LogP contribution in [0.15, 0.2) is 121 Å². The van der Waals surface area contributed by atoms with Gasteiger partial charge in [-0.25, -0.2) is 4.79 Å². The zero-order valence-electron chi connectivity index (χ0n) is 65.0. The van der Waals surface area contributed by atoms with E-state index in [0.717, 1.165) is 29.4 Å². The van der Waals surface area contributed by atoms with Crippen LogP contribution in [0.1, 0.15) is 257 Å². The van der Waals surface area contributed by atoms with E-state index in [-0.39, 0.29) is 107 Å². The third-order valence-electron chi connectivity index (χ3n) is 20.4. The van der Waals surface area contributed by atoms with Crippen molar-refractivity contribution in [3.63, 3.8) is 0 Å². The molecule has 8 N–H and O–H groups in total. The summed E-state index contributed by atoms with van der Waals surface area (Å²) in [7, 11) is 1.00. The maximum absolute atomic E-state index is 13.1. The van der Waals surface area contributed by atoms with Crippen LogP contribution in [-0.2, 0) is 47.8 Å². The zero-order chi connectivity index (χ0) is 76.1. The van der Waals surface area contributed by atoms with Crippen LogP contribution < -0.4 is 23.9 Å². The number of halogens is 2. The number of aliphatic hydroxyl groups is 3. The Bertz CT molecular complexity index is 2860. The van der Waals surface area contributed by atoms with Crippen molar-refractivity contribution >= 4 is 52.1 Å². The molecule has 0 saturated carbocycles. The van der Waals surface area contributed by atoms with Gasteiger partial charge in [0.05, 0.1) is 25.0 Å². The first-order valence-electron chi connectivity index (χ1n) is 35.4. The van der Waals surface area contributed by atoms with Crippen LogP contribution in [0.5, 0.6) is 0 Å². The molecule has 0 saturated heterocycles. The average molecular weight is 1420 g/mol. The highest BCUT2D eigenvalue weighted by molar-refractivity contribution is 6.64. The molecule has 0 aliphatic carbocycles. The number of quaternary nitrogens is 1. The summed E-state index contributed by atoms with van der Waals surface area (Å²) >= 11 is 5.54. The Balaban J connectivity index is -0.00000121. The first kappa shape index (κ1) is 97.5. The molecule has 4 aromatic carbocycles. The van der Waals surface area contributed by atoms with Crippen molar-refractivity contribution in [3.8, 4) is 0 Å². The standard InChI is InChI=1S/C26H40O5.C20H31NO3.C18H28O2.C9H17ClO.C8H11NO.CH4O.ClH/c1-18(2)26(8,19(3)4)22(27)15-14-21(20-12-10-9-11-13-20)30-23(28)16-17-24(29)31-25(5,6)7;1-14(2)20(5,15(3)4)18(22)12-11-17(24-19(23)13-21)16-9-7-6-8-10-16;1-13(2)18(5,14(3)4)17(20)12-11-16(19)15-9-7-6-8-10-15;1-6(2)9(5,7(3)4)8(10)11;9-6-8(10)7-4-2-1-3-5-7;1-2;/h9-13,18-19,21H,14-17H2,1-8H3;6-10,14-15,17H,11-13,21H2,1-5H3;6-10,13-14,16,19H,11-12H2,1-5H3;6-7H,1-5H3;1-5,8,10H,6,9H2;2H,1H3;1H/t21-;17-;16-;;8-;;/m111.1../s1. The second-order valence-corrected chi connectivity index (χ2v) is 30.1. The highest BCUT2D eigenvalue weighted by Crippen LogP contribution is 2.42. The summed E-state index contributed by atoms with van der Waals surface area (Å²) in [6.07, 6.45) is 0.498. The molecule has 0 aromatic heterocycles. The summed E-state index contributed by atoms with van der Waals surface area (Å²) in [5, 5.41) is 26.1. The smallest absolute Gasteiger partial charge is 0.362 e. The monoisotopic (exact) mass is 1420 g/mol. The molecule has 0 spiro atoms. The quantitative estimate of drug-likeness (QED) is 0.0173. The molecule has 0 unspecified atom stereocenters. The predicted molar refractivity (Wildman–Crippen MR) is 398 cm³/mol. The molecule has 0 aliphatic rings. The Labute approximate surface area is 609 Å². The second kappa shape index (κ2) is 48.3. The molecule has 4 rings (SSSR count). The van der Waals surface area contributed by atoms with E-state index in [1.165, 1.54) is 0 Å². The number of esters is 3. The SMILES string of the molecule is CC(C)C(C)(C(=O)CC[C@@H](O)c1ccccc1)C(C)C.CC(C)C(C)(C(=O)CC[C@@H](OC(=O)CCC(=O)OC(C)(C)C)c1ccccc1)C(C)C.CC(C)C(C)(C(=O)CC[C@@H](OC(=O)C[NH3+])c1ccccc1)C(C)C.CC(C)C(C)(C(=O)Cl)C(C)C.CO.NC[C@@H](O)c1ccccc1.[Cl-]. The Morgan fingerprint density at radius 1 is 0.394 bits per heavy atom. The van der Waals surface area contributed by atoms with Gasteiger partial charge in [-0.3, -0.25) is 28.8 Å². The number of hydrogen-bond donors (Lipinski definition) is 5. The van der Waals surface area contributed by atoms with E-state index in [2.05, 4.69) is 95.7 Å². The maximum Gasteiger partial charge on any atom is 0.362 e. The minimum atomic E-state index is -0.590. The minimum absolute atomic E-state index is 0. The van der Waals surface area contributed by atoms with Crippen LogP contribution in [-0.4, -0.2) is 81.6 Å². The lowest BCUT2D eigenvalue weighted by atomic mass is 9.66. The van der Waals surface area contributed by atoms with Crippen LogP contribution in [0.3, 0.4) is 0 Å². The van der Waals surface area contributed by atoms with E-state index in [1.54, 1.807) is 20.8 Å². The van der Waals surface area contributed by atoms with Gasteiger partial charge in [-0.15, -0.1) is 0 Å². The Morgan fingerprint density at radius 2 is 0.646 bits per heavy atom. The number of ketones is 3. The first-order valence-corrected chi connectivity index (χ1v) is 35.8. The summed E-state index contributed by atoms with van der Waals surface area (Å²) in [5.41, 5.74) is 10.3. The van der Waals surface area contributed by atoms with E-state index in [0.29, 0.717) is 62.2 Å². The molecule has 0 bridgehead atoms. The van der Waals surface area contributed by atoms with Crippen LogP contribution in [0, 0.1) is 69.0 Å². The van der Waals surface area contributed by atoms with Crippen molar-refractivity contribution in [1.29, 1.82) is 0 Å². The number of carbonyl (C=O) groups is 7. The number of hydrogen-bond acceptors (Lipinski definition) is 14. The first-order chi connectivity index (χ1) is 45.5. The third-order valence-corrected chi connectivity index (χ3v) is 20.8. The van der Waals surface area contributed by atoms with Crippen LogP contribution in [0.2, 0.25) is 0 Å². The van der Waals surface area contributed by atoms with Crippen molar-refractivity contribution in [2.75, 3.05) is 20.2 Å². The van der Waals surface area contributed by atoms with Crippen molar-refractivity contribution in [2.24, 2.45) is 74.7 Å². The molecule has 4 atom stereocenters. The number of carbonyl (C=O) groups excluding carboxylic acids is 7. The third kappa shape index (κ3) is 32.9. The zero-order valence-corrected chi connectivity index (χ0v) is 66.5. The number of rotatable bonds is 32. The van der Waals surface area contributed by atoms with E-state index in [4.69, 9.17) is 36.7 Å².